The van der Waals surface area contributed by atoms with Crippen LogP contribution < -0.4 is 10.5 Å². The van der Waals surface area contributed by atoms with E-state index in [2.05, 4.69) is 16.4 Å². The molecule has 2 aromatic heterocycles. The molecule has 0 amide bonds. The van der Waals surface area contributed by atoms with Gasteiger partial charge in [-0.05, 0) is 36.9 Å². The Bertz CT molecular complexity index is 482. The van der Waals surface area contributed by atoms with Gasteiger partial charge in [0, 0.05) is 23.5 Å². The second-order valence-electron chi connectivity index (χ2n) is 4.51. The van der Waals surface area contributed by atoms with E-state index >= 15 is 0 Å². The van der Waals surface area contributed by atoms with E-state index in [-0.39, 0.29) is 12.1 Å². The lowest BCUT2D eigenvalue weighted by atomic mass is 10.1. The molecule has 3 nitrogen and oxygen atoms in total. The summed E-state index contributed by atoms with van der Waals surface area (Å²) in [7, 11) is 0. The normalized spacial score (nSPS) is 12.7. The van der Waals surface area contributed by atoms with Gasteiger partial charge < -0.3 is 10.5 Å². The number of ether oxygens (including phenoxy) is 1. The van der Waals surface area contributed by atoms with Crippen LogP contribution in [-0.2, 0) is 6.42 Å². The monoisotopic (exact) mass is 262 g/mol. The van der Waals surface area contributed by atoms with Crippen LogP contribution in [0.25, 0.3) is 0 Å². The second-order valence-corrected chi connectivity index (χ2v) is 5.54. The van der Waals surface area contributed by atoms with Gasteiger partial charge in [0.2, 0.25) is 0 Å². The van der Waals surface area contributed by atoms with Crippen LogP contribution in [0.15, 0.2) is 36.0 Å². The van der Waals surface area contributed by atoms with Crippen LogP contribution in [0.4, 0.5) is 0 Å². The summed E-state index contributed by atoms with van der Waals surface area (Å²) in [5.74, 6) is 0.782. The molecule has 0 aliphatic carbocycles. The fourth-order valence-electron chi connectivity index (χ4n) is 1.74. The van der Waals surface area contributed by atoms with Gasteiger partial charge in [-0.1, -0.05) is 6.07 Å². The summed E-state index contributed by atoms with van der Waals surface area (Å²) in [4.78, 5) is 5.48. The number of nitrogens with two attached hydrogens (primary N) is 1. The molecule has 18 heavy (non-hydrogen) atoms. The van der Waals surface area contributed by atoms with E-state index in [0.717, 1.165) is 17.7 Å². The van der Waals surface area contributed by atoms with Gasteiger partial charge in [0.25, 0.3) is 0 Å². The molecule has 4 heteroatoms. The lowest BCUT2D eigenvalue weighted by Crippen LogP contribution is -2.14. The maximum absolute atomic E-state index is 6.20. The largest absolute Gasteiger partial charge is 0.489 e. The Balaban J connectivity index is 2.07. The minimum Gasteiger partial charge on any atom is -0.489 e. The van der Waals surface area contributed by atoms with Crippen LogP contribution in [0, 0.1) is 0 Å². The number of thiophene rings is 1. The SMILES string of the molecule is CC(C)Oc1cncc(C(N)Cc2cccs2)c1. The van der Waals surface area contributed by atoms with E-state index in [9.17, 15) is 0 Å². The summed E-state index contributed by atoms with van der Waals surface area (Å²) < 4.78 is 5.62. The Morgan fingerprint density at radius 3 is 2.89 bits per heavy atom. The first-order chi connectivity index (χ1) is 8.65. The number of aromatic nitrogens is 1. The number of hydrogen-bond donors (Lipinski definition) is 1. The molecular formula is C14H18N2OS. The number of pyridine rings is 1. The topological polar surface area (TPSA) is 48.1 Å². The molecule has 0 bridgehead atoms. The van der Waals surface area contributed by atoms with Crippen LogP contribution >= 0.6 is 11.3 Å². The average Bonchev–Trinajstić information content (AvgIpc) is 2.81. The molecule has 1 atom stereocenters. The predicted molar refractivity (Wildman–Crippen MR) is 75.0 cm³/mol. The summed E-state index contributed by atoms with van der Waals surface area (Å²) >= 11 is 1.73. The molecule has 0 radical (unpaired) electrons. The van der Waals surface area contributed by atoms with Crippen molar-refractivity contribution in [3.05, 3.63) is 46.4 Å². The molecule has 2 aromatic rings. The van der Waals surface area contributed by atoms with Gasteiger partial charge in [0.15, 0.2) is 0 Å². The lowest BCUT2D eigenvalue weighted by molar-refractivity contribution is 0.241. The van der Waals surface area contributed by atoms with E-state index in [1.165, 1.54) is 4.88 Å². The Hall–Kier alpha value is -1.39. The van der Waals surface area contributed by atoms with Crippen LogP contribution in [0.3, 0.4) is 0 Å². The van der Waals surface area contributed by atoms with Gasteiger partial charge in [-0.15, -0.1) is 11.3 Å². The van der Waals surface area contributed by atoms with Gasteiger partial charge in [0.1, 0.15) is 5.75 Å². The fraction of sp³-hybridized carbons (Fsp3) is 0.357. The van der Waals surface area contributed by atoms with Crippen molar-refractivity contribution in [2.75, 3.05) is 0 Å². The predicted octanol–water partition coefficient (Wildman–Crippen LogP) is 3.17. The first kappa shape index (κ1) is 13.1. The number of nitrogens with zero attached hydrogens (tertiary/aromatic N) is 1. The summed E-state index contributed by atoms with van der Waals surface area (Å²) in [5, 5.41) is 2.07. The molecule has 2 rings (SSSR count). The molecule has 0 fully saturated rings. The van der Waals surface area contributed by atoms with Crippen LogP contribution in [0.2, 0.25) is 0 Å². The van der Waals surface area contributed by atoms with E-state index in [1.807, 2.05) is 32.2 Å². The Kier molecular flexibility index (Phi) is 4.33. The molecule has 2 N–H and O–H groups in total. The van der Waals surface area contributed by atoms with Crippen molar-refractivity contribution in [2.45, 2.75) is 32.4 Å². The zero-order valence-electron chi connectivity index (χ0n) is 10.7. The maximum Gasteiger partial charge on any atom is 0.138 e. The van der Waals surface area contributed by atoms with Gasteiger partial charge in [0.05, 0.1) is 12.3 Å². The third-order valence-electron chi connectivity index (χ3n) is 2.54. The molecule has 0 aliphatic rings. The third kappa shape index (κ3) is 3.55. The number of rotatable bonds is 5. The molecule has 1 unspecified atom stereocenters. The first-order valence-corrected chi connectivity index (χ1v) is 6.92. The quantitative estimate of drug-likeness (QED) is 0.900. The van der Waals surface area contributed by atoms with E-state index in [1.54, 1.807) is 17.5 Å². The Morgan fingerprint density at radius 2 is 2.22 bits per heavy atom. The molecule has 96 valence electrons. The summed E-state index contributed by atoms with van der Waals surface area (Å²) in [6, 6.07) is 6.09. The summed E-state index contributed by atoms with van der Waals surface area (Å²) in [5.41, 5.74) is 7.21. The van der Waals surface area contributed by atoms with Crippen molar-refractivity contribution in [1.29, 1.82) is 0 Å². The molecule has 0 aromatic carbocycles. The smallest absolute Gasteiger partial charge is 0.138 e. The number of hydrogen-bond acceptors (Lipinski definition) is 4. The standard InChI is InChI=1S/C14H18N2OS/c1-10(2)17-12-6-11(8-16-9-12)14(15)7-13-4-3-5-18-13/h3-6,8-10,14H,7,15H2,1-2H3. The van der Waals surface area contributed by atoms with E-state index < -0.39 is 0 Å². The fourth-order valence-corrected chi connectivity index (χ4v) is 2.50. The van der Waals surface area contributed by atoms with E-state index in [4.69, 9.17) is 10.5 Å². The molecule has 0 saturated carbocycles. The lowest BCUT2D eigenvalue weighted by Gasteiger charge is -2.14. The van der Waals surface area contributed by atoms with Crippen molar-refractivity contribution >= 4 is 11.3 Å². The minimum absolute atomic E-state index is 0.0353. The third-order valence-corrected chi connectivity index (χ3v) is 3.43. The van der Waals surface area contributed by atoms with Gasteiger partial charge in [-0.25, -0.2) is 0 Å². The van der Waals surface area contributed by atoms with Crippen molar-refractivity contribution in [2.24, 2.45) is 5.73 Å². The Labute approximate surface area is 112 Å². The van der Waals surface area contributed by atoms with E-state index in [0.29, 0.717) is 0 Å². The van der Waals surface area contributed by atoms with Crippen molar-refractivity contribution < 1.29 is 4.74 Å². The van der Waals surface area contributed by atoms with Gasteiger partial charge >= 0.3 is 0 Å². The molecule has 0 saturated heterocycles. The zero-order chi connectivity index (χ0) is 13.0. The minimum atomic E-state index is -0.0353. The summed E-state index contributed by atoms with van der Waals surface area (Å²) in [6.07, 6.45) is 4.52. The first-order valence-electron chi connectivity index (χ1n) is 6.04. The molecule has 0 spiro atoms. The second kappa shape index (κ2) is 5.98. The van der Waals surface area contributed by atoms with Crippen molar-refractivity contribution in [3.63, 3.8) is 0 Å². The average molecular weight is 262 g/mol. The van der Waals surface area contributed by atoms with Gasteiger partial charge in [-0.3, -0.25) is 4.98 Å². The zero-order valence-corrected chi connectivity index (χ0v) is 11.5. The van der Waals surface area contributed by atoms with Gasteiger partial charge in [-0.2, -0.15) is 0 Å². The van der Waals surface area contributed by atoms with Crippen LogP contribution in [0.1, 0.15) is 30.3 Å². The van der Waals surface area contributed by atoms with Crippen molar-refractivity contribution in [1.82, 2.24) is 4.98 Å². The highest BCUT2D eigenvalue weighted by Gasteiger charge is 2.10. The summed E-state index contributed by atoms with van der Waals surface area (Å²) in [6.45, 7) is 4.00. The Morgan fingerprint density at radius 1 is 1.39 bits per heavy atom. The molecule has 2 heterocycles. The van der Waals surface area contributed by atoms with Crippen LogP contribution in [0.5, 0.6) is 5.75 Å². The van der Waals surface area contributed by atoms with Crippen molar-refractivity contribution in [3.8, 4) is 5.75 Å². The highest BCUT2D eigenvalue weighted by Crippen LogP contribution is 2.22. The maximum atomic E-state index is 6.20. The van der Waals surface area contributed by atoms with Crippen LogP contribution in [-0.4, -0.2) is 11.1 Å². The highest BCUT2D eigenvalue weighted by molar-refractivity contribution is 7.09. The highest BCUT2D eigenvalue weighted by atomic mass is 32.1. The molecular weight excluding hydrogens is 244 g/mol. The molecule has 0 aliphatic heterocycles.